The van der Waals surface area contributed by atoms with Gasteiger partial charge in [-0.3, -0.25) is 0 Å². The number of aliphatic hydroxyl groups excluding tert-OH is 4. The predicted octanol–water partition coefficient (Wildman–Crippen LogP) is -2.24. The molecule has 0 aromatic heterocycles. The third-order valence-electron chi connectivity index (χ3n) is 1.84. The maximum Gasteiger partial charge on any atom is 0.184 e. The van der Waals surface area contributed by atoms with E-state index in [1.807, 2.05) is 0 Å². The molecule has 12 heavy (non-hydrogen) atoms. The van der Waals surface area contributed by atoms with Crippen LogP contribution >= 0.6 is 0 Å². The van der Waals surface area contributed by atoms with Crippen LogP contribution in [0.1, 0.15) is 0 Å². The summed E-state index contributed by atoms with van der Waals surface area (Å²) in [4.78, 5) is 0. The minimum Gasteiger partial charge on any atom is -0.387 e. The molecule has 1 aliphatic rings. The molecule has 6 heteroatoms. The summed E-state index contributed by atoms with van der Waals surface area (Å²) in [5.41, 5.74) is 0. The first-order chi connectivity index (χ1) is 5.57. The SMILES string of the molecule is OC1O[C@H](CF)[C@H](O)[C@H](O)[C@H]1O. The van der Waals surface area contributed by atoms with Gasteiger partial charge in [0.15, 0.2) is 6.29 Å². The number of halogens is 1. The van der Waals surface area contributed by atoms with Gasteiger partial charge in [0.2, 0.25) is 0 Å². The van der Waals surface area contributed by atoms with Crippen LogP contribution in [0.25, 0.3) is 0 Å². The lowest BCUT2D eigenvalue weighted by molar-refractivity contribution is -0.283. The van der Waals surface area contributed by atoms with Gasteiger partial charge in [0.1, 0.15) is 31.1 Å². The molecular formula is C6H11FO5. The van der Waals surface area contributed by atoms with Crippen molar-refractivity contribution in [2.24, 2.45) is 0 Å². The molecule has 0 amide bonds. The van der Waals surface area contributed by atoms with Crippen LogP contribution in [-0.4, -0.2) is 57.8 Å². The van der Waals surface area contributed by atoms with Crippen molar-refractivity contribution in [3.63, 3.8) is 0 Å². The molecule has 5 atom stereocenters. The summed E-state index contributed by atoms with van der Waals surface area (Å²) >= 11 is 0. The Hall–Kier alpha value is -0.270. The van der Waals surface area contributed by atoms with Gasteiger partial charge in [-0.05, 0) is 0 Å². The normalized spacial score (nSPS) is 49.2. The van der Waals surface area contributed by atoms with Crippen LogP contribution in [0, 0.1) is 0 Å². The van der Waals surface area contributed by atoms with Gasteiger partial charge >= 0.3 is 0 Å². The van der Waals surface area contributed by atoms with Crippen LogP contribution < -0.4 is 0 Å². The van der Waals surface area contributed by atoms with Gasteiger partial charge in [0.25, 0.3) is 0 Å². The number of aliphatic hydroxyl groups is 4. The van der Waals surface area contributed by atoms with Crippen molar-refractivity contribution < 1.29 is 29.6 Å². The van der Waals surface area contributed by atoms with E-state index in [-0.39, 0.29) is 0 Å². The second-order valence-electron chi connectivity index (χ2n) is 2.69. The van der Waals surface area contributed by atoms with Crippen molar-refractivity contribution >= 4 is 0 Å². The Morgan fingerprint density at radius 3 is 2.08 bits per heavy atom. The molecule has 0 saturated carbocycles. The van der Waals surface area contributed by atoms with Crippen molar-refractivity contribution in [2.45, 2.75) is 30.7 Å². The molecular weight excluding hydrogens is 171 g/mol. The van der Waals surface area contributed by atoms with E-state index in [4.69, 9.17) is 20.4 Å². The van der Waals surface area contributed by atoms with Gasteiger partial charge in [-0.1, -0.05) is 0 Å². The molecule has 0 aliphatic carbocycles. The highest BCUT2D eigenvalue weighted by molar-refractivity contribution is 4.88. The zero-order valence-corrected chi connectivity index (χ0v) is 6.17. The number of ether oxygens (including phenoxy) is 1. The molecule has 1 aliphatic heterocycles. The fraction of sp³-hybridized carbons (Fsp3) is 1.00. The average Bonchev–Trinajstić information content (AvgIpc) is 2.08. The minimum absolute atomic E-state index is 1.03. The summed E-state index contributed by atoms with van der Waals surface area (Å²) in [7, 11) is 0. The molecule has 1 rings (SSSR count). The molecule has 1 unspecified atom stereocenters. The maximum absolute atomic E-state index is 12.0. The van der Waals surface area contributed by atoms with Crippen molar-refractivity contribution in [3.05, 3.63) is 0 Å². The summed E-state index contributed by atoms with van der Waals surface area (Å²) in [5.74, 6) is 0. The Morgan fingerprint density at radius 1 is 1.00 bits per heavy atom. The second-order valence-corrected chi connectivity index (χ2v) is 2.69. The van der Waals surface area contributed by atoms with E-state index >= 15 is 0 Å². The van der Waals surface area contributed by atoms with Crippen molar-refractivity contribution in [1.82, 2.24) is 0 Å². The standard InChI is InChI=1S/C6H11FO5/c7-1-2-3(8)4(9)5(10)6(11)12-2/h2-6,8-11H,1H2/t2-,3+,4+,5-,6?/m1/s1. The number of hydrogen-bond donors (Lipinski definition) is 4. The second kappa shape index (κ2) is 3.63. The Labute approximate surface area is 68.0 Å². The molecule has 4 N–H and O–H groups in total. The molecule has 0 radical (unpaired) electrons. The number of hydrogen-bond acceptors (Lipinski definition) is 5. The van der Waals surface area contributed by atoms with Crippen LogP contribution in [0.2, 0.25) is 0 Å². The van der Waals surface area contributed by atoms with Crippen LogP contribution in [0.3, 0.4) is 0 Å². The first-order valence-electron chi connectivity index (χ1n) is 3.51. The zero-order valence-electron chi connectivity index (χ0n) is 6.17. The van der Waals surface area contributed by atoms with E-state index in [0.717, 1.165) is 0 Å². The van der Waals surface area contributed by atoms with Gasteiger partial charge < -0.3 is 25.2 Å². The Morgan fingerprint density at radius 2 is 1.58 bits per heavy atom. The molecule has 0 aromatic rings. The third kappa shape index (κ3) is 1.57. The zero-order chi connectivity index (χ0) is 9.30. The maximum atomic E-state index is 12.0. The molecule has 1 saturated heterocycles. The molecule has 72 valence electrons. The summed E-state index contributed by atoms with van der Waals surface area (Å²) in [6.07, 6.45) is -7.60. The summed E-state index contributed by atoms with van der Waals surface area (Å²) < 4.78 is 16.5. The Bertz CT molecular complexity index is 150. The highest BCUT2D eigenvalue weighted by Gasteiger charge is 2.42. The van der Waals surface area contributed by atoms with Crippen LogP contribution in [0.4, 0.5) is 4.39 Å². The molecule has 0 aromatic carbocycles. The van der Waals surface area contributed by atoms with Gasteiger partial charge in [0, 0.05) is 0 Å². The van der Waals surface area contributed by atoms with Crippen molar-refractivity contribution in [1.29, 1.82) is 0 Å². The van der Waals surface area contributed by atoms with E-state index in [1.165, 1.54) is 0 Å². The lowest BCUT2D eigenvalue weighted by Gasteiger charge is -2.37. The quantitative estimate of drug-likeness (QED) is 0.368. The molecule has 1 fully saturated rings. The molecule has 1 heterocycles. The van der Waals surface area contributed by atoms with E-state index in [0.29, 0.717) is 0 Å². The fourth-order valence-corrected chi connectivity index (χ4v) is 1.06. The lowest BCUT2D eigenvalue weighted by atomic mass is 10.00. The minimum atomic E-state index is -1.65. The average molecular weight is 182 g/mol. The molecule has 0 bridgehead atoms. The largest absolute Gasteiger partial charge is 0.387 e. The monoisotopic (exact) mass is 182 g/mol. The van der Waals surface area contributed by atoms with E-state index in [1.54, 1.807) is 0 Å². The highest BCUT2D eigenvalue weighted by atomic mass is 19.1. The highest BCUT2D eigenvalue weighted by Crippen LogP contribution is 2.19. The first kappa shape index (κ1) is 9.82. The lowest BCUT2D eigenvalue weighted by Crippen LogP contribution is -2.58. The van der Waals surface area contributed by atoms with Crippen LogP contribution in [-0.2, 0) is 4.74 Å². The third-order valence-corrected chi connectivity index (χ3v) is 1.84. The molecule has 5 nitrogen and oxygen atoms in total. The number of alkyl halides is 1. The first-order valence-corrected chi connectivity index (χ1v) is 3.51. The van der Waals surface area contributed by atoms with E-state index in [2.05, 4.69) is 4.74 Å². The van der Waals surface area contributed by atoms with Gasteiger partial charge in [-0.15, -0.1) is 0 Å². The summed E-state index contributed by atoms with van der Waals surface area (Å²) in [6, 6.07) is 0. The summed E-state index contributed by atoms with van der Waals surface area (Å²) in [5, 5.41) is 35.8. The van der Waals surface area contributed by atoms with E-state index in [9.17, 15) is 4.39 Å². The van der Waals surface area contributed by atoms with Gasteiger partial charge in [0.05, 0.1) is 0 Å². The summed E-state index contributed by atoms with van der Waals surface area (Å²) in [6.45, 7) is -1.03. The topological polar surface area (TPSA) is 90.2 Å². The van der Waals surface area contributed by atoms with Crippen LogP contribution in [0.5, 0.6) is 0 Å². The Kier molecular flexibility index (Phi) is 2.97. The van der Waals surface area contributed by atoms with Crippen LogP contribution in [0.15, 0.2) is 0 Å². The fourth-order valence-electron chi connectivity index (χ4n) is 1.06. The predicted molar refractivity (Wildman–Crippen MR) is 34.9 cm³/mol. The van der Waals surface area contributed by atoms with Crippen molar-refractivity contribution in [2.75, 3.05) is 6.67 Å². The smallest absolute Gasteiger partial charge is 0.184 e. The van der Waals surface area contributed by atoms with Gasteiger partial charge in [-0.2, -0.15) is 0 Å². The Balaban J connectivity index is 2.63. The van der Waals surface area contributed by atoms with Crippen molar-refractivity contribution in [3.8, 4) is 0 Å². The number of rotatable bonds is 1. The van der Waals surface area contributed by atoms with Gasteiger partial charge in [-0.25, -0.2) is 4.39 Å². The van der Waals surface area contributed by atoms with E-state index < -0.39 is 37.4 Å². The molecule has 0 spiro atoms.